The first-order valence-electron chi connectivity index (χ1n) is 5.49. The van der Waals surface area contributed by atoms with Crippen molar-refractivity contribution in [1.29, 1.82) is 0 Å². The van der Waals surface area contributed by atoms with Crippen molar-refractivity contribution in [3.63, 3.8) is 0 Å². The van der Waals surface area contributed by atoms with Crippen molar-refractivity contribution in [2.45, 2.75) is 12.5 Å². The number of imidazole rings is 1. The number of aromatic amines is 1. The zero-order chi connectivity index (χ0) is 11.8. The summed E-state index contributed by atoms with van der Waals surface area (Å²) in [6, 6.07) is 0.117. The van der Waals surface area contributed by atoms with Crippen LogP contribution in [0.2, 0.25) is 0 Å². The second-order valence-electron chi connectivity index (χ2n) is 4.19. The lowest BCUT2D eigenvalue weighted by atomic mass is 10.1. The zero-order valence-corrected chi connectivity index (χ0v) is 9.08. The normalized spacial score (nSPS) is 23.6. The molecule has 17 heavy (non-hydrogen) atoms. The molecule has 2 heterocycles. The largest absolute Gasteiger partial charge is 0.396 e. The van der Waals surface area contributed by atoms with E-state index < -0.39 is 0 Å². The molecule has 0 spiro atoms. The monoisotopic (exact) mass is 232 g/mol. The average Bonchev–Trinajstić information content (AvgIpc) is 2.94. The molecule has 0 radical (unpaired) electrons. The minimum Gasteiger partial charge on any atom is -0.396 e. The van der Waals surface area contributed by atoms with E-state index >= 15 is 0 Å². The molecular weight excluding hydrogens is 220 g/mol. The lowest BCUT2D eigenvalue weighted by Gasteiger charge is -2.11. The summed E-state index contributed by atoms with van der Waals surface area (Å²) in [6.45, 7) is 0.146. The molecular formula is C11H12N4O2. The third kappa shape index (κ3) is 1.57. The molecule has 0 unspecified atom stereocenters. The molecule has 2 N–H and O–H groups in total. The van der Waals surface area contributed by atoms with Gasteiger partial charge in [-0.05, 0) is 6.42 Å². The smallest absolute Gasteiger partial charge is 0.278 e. The van der Waals surface area contributed by atoms with Crippen molar-refractivity contribution in [3.05, 3.63) is 35.2 Å². The first-order valence-corrected chi connectivity index (χ1v) is 5.49. The maximum atomic E-state index is 11.5. The summed E-state index contributed by atoms with van der Waals surface area (Å²) in [4.78, 5) is 22.2. The Labute approximate surface area is 96.6 Å². The fourth-order valence-corrected chi connectivity index (χ4v) is 2.20. The highest BCUT2D eigenvalue weighted by molar-refractivity contribution is 5.69. The summed E-state index contributed by atoms with van der Waals surface area (Å²) in [6.07, 6.45) is 7.83. The van der Waals surface area contributed by atoms with Crippen LogP contribution in [0.1, 0.15) is 12.5 Å². The molecule has 0 saturated carbocycles. The Kier molecular flexibility index (Phi) is 2.29. The van der Waals surface area contributed by atoms with E-state index in [1.165, 1.54) is 6.33 Å². The minimum absolute atomic E-state index is 0.117. The van der Waals surface area contributed by atoms with E-state index in [1.807, 2.05) is 16.7 Å². The Bertz CT molecular complexity index is 628. The lowest BCUT2D eigenvalue weighted by molar-refractivity contribution is 0.244. The maximum Gasteiger partial charge on any atom is 0.278 e. The molecule has 3 rings (SSSR count). The molecule has 2 aromatic rings. The molecule has 1 aliphatic carbocycles. The molecule has 2 atom stereocenters. The zero-order valence-electron chi connectivity index (χ0n) is 9.08. The predicted molar refractivity (Wildman–Crippen MR) is 61.5 cm³/mol. The minimum atomic E-state index is -0.227. The topological polar surface area (TPSA) is 83.8 Å². The van der Waals surface area contributed by atoms with E-state index in [0.29, 0.717) is 11.2 Å². The Balaban J connectivity index is 2.05. The second-order valence-corrected chi connectivity index (χ2v) is 4.19. The Morgan fingerprint density at radius 2 is 2.35 bits per heavy atom. The van der Waals surface area contributed by atoms with E-state index in [-0.39, 0.29) is 24.1 Å². The van der Waals surface area contributed by atoms with Gasteiger partial charge in [0.2, 0.25) is 0 Å². The fraction of sp³-hybridized carbons (Fsp3) is 0.364. The number of nitrogens with one attached hydrogen (secondary N) is 1. The predicted octanol–water partition coefficient (Wildman–Crippen LogP) is 0.229. The van der Waals surface area contributed by atoms with Crippen molar-refractivity contribution in [1.82, 2.24) is 19.5 Å². The van der Waals surface area contributed by atoms with E-state index in [1.54, 1.807) is 6.33 Å². The molecule has 88 valence electrons. The van der Waals surface area contributed by atoms with Crippen LogP contribution in [0.25, 0.3) is 11.2 Å². The number of hydrogen-bond donors (Lipinski definition) is 2. The van der Waals surface area contributed by atoms with Gasteiger partial charge in [-0.15, -0.1) is 0 Å². The van der Waals surface area contributed by atoms with Gasteiger partial charge < -0.3 is 14.7 Å². The summed E-state index contributed by atoms with van der Waals surface area (Å²) >= 11 is 0. The lowest BCUT2D eigenvalue weighted by Crippen LogP contribution is -2.10. The van der Waals surface area contributed by atoms with Gasteiger partial charge in [0.15, 0.2) is 11.2 Å². The molecule has 1 aliphatic rings. The number of rotatable bonds is 2. The van der Waals surface area contributed by atoms with E-state index in [2.05, 4.69) is 15.0 Å². The first-order chi connectivity index (χ1) is 8.29. The molecule has 6 nitrogen and oxygen atoms in total. The standard InChI is InChI=1S/C11H12N4O2/c16-4-7-1-2-8(3-7)15-6-14-9-10(15)12-5-13-11(9)17/h1-2,5-8,16H,3-4H2,(H,12,13,17)/t7-,8+/m0/s1. The number of H-pyrrole nitrogens is 1. The highest BCUT2D eigenvalue weighted by Gasteiger charge is 2.21. The van der Waals surface area contributed by atoms with E-state index in [0.717, 1.165) is 6.42 Å². The van der Waals surface area contributed by atoms with E-state index in [9.17, 15) is 4.79 Å². The first kappa shape index (κ1) is 10.2. The van der Waals surface area contributed by atoms with Crippen LogP contribution in [0.4, 0.5) is 0 Å². The molecule has 0 amide bonds. The van der Waals surface area contributed by atoms with Crippen molar-refractivity contribution in [2.24, 2.45) is 5.92 Å². The highest BCUT2D eigenvalue weighted by Crippen LogP contribution is 2.28. The van der Waals surface area contributed by atoms with Gasteiger partial charge in [0, 0.05) is 12.5 Å². The number of fused-ring (bicyclic) bond motifs is 1. The number of aliphatic hydroxyl groups excluding tert-OH is 1. The summed E-state index contributed by atoms with van der Waals surface area (Å²) in [5.41, 5.74) is 0.713. The van der Waals surface area contributed by atoms with Crippen LogP contribution in [0.15, 0.2) is 29.6 Å². The van der Waals surface area contributed by atoms with Crippen molar-refractivity contribution in [3.8, 4) is 0 Å². The van der Waals surface area contributed by atoms with Crippen LogP contribution in [-0.2, 0) is 0 Å². The van der Waals surface area contributed by atoms with Crippen LogP contribution in [0, 0.1) is 5.92 Å². The van der Waals surface area contributed by atoms with E-state index in [4.69, 9.17) is 5.11 Å². The third-order valence-electron chi connectivity index (χ3n) is 3.11. The van der Waals surface area contributed by atoms with Gasteiger partial charge in [0.05, 0.1) is 18.7 Å². The quantitative estimate of drug-likeness (QED) is 0.726. The van der Waals surface area contributed by atoms with Crippen molar-refractivity contribution < 1.29 is 5.11 Å². The van der Waals surface area contributed by atoms with Crippen molar-refractivity contribution >= 4 is 11.2 Å². The molecule has 0 aromatic carbocycles. The van der Waals surface area contributed by atoms with Gasteiger partial charge in [-0.1, -0.05) is 12.2 Å². The molecule has 0 saturated heterocycles. The molecule has 0 fully saturated rings. The Morgan fingerprint density at radius 3 is 3.12 bits per heavy atom. The summed E-state index contributed by atoms with van der Waals surface area (Å²) in [5, 5.41) is 9.09. The number of allylic oxidation sites excluding steroid dienone is 1. The molecule has 0 aliphatic heterocycles. The average molecular weight is 232 g/mol. The summed E-state index contributed by atoms with van der Waals surface area (Å²) < 4.78 is 1.87. The maximum absolute atomic E-state index is 11.5. The fourth-order valence-electron chi connectivity index (χ4n) is 2.20. The van der Waals surface area contributed by atoms with Crippen LogP contribution in [0.3, 0.4) is 0 Å². The second kappa shape index (κ2) is 3.81. The number of nitrogens with zero attached hydrogens (tertiary/aromatic N) is 3. The van der Waals surface area contributed by atoms with Gasteiger partial charge in [0.1, 0.15) is 0 Å². The van der Waals surface area contributed by atoms with Crippen LogP contribution in [-0.4, -0.2) is 31.2 Å². The third-order valence-corrected chi connectivity index (χ3v) is 3.11. The van der Waals surface area contributed by atoms with Gasteiger partial charge in [-0.3, -0.25) is 4.79 Å². The van der Waals surface area contributed by atoms with Crippen LogP contribution >= 0.6 is 0 Å². The van der Waals surface area contributed by atoms with Gasteiger partial charge >= 0.3 is 0 Å². The molecule has 0 bridgehead atoms. The van der Waals surface area contributed by atoms with Gasteiger partial charge in [-0.25, -0.2) is 9.97 Å². The van der Waals surface area contributed by atoms with Crippen LogP contribution in [0.5, 0.6) is 0 Å². The van der Waals surface area contributed by atoms with Gasteiger partial charge in [0.25, 0.3) is 5.56 Å². The molecule has 2 aromatic heterocycles. The number of hydrogen-bond acceptors (Lipinski definition) is 4. The Morgan fingerprint density at radius 1 is 1.47 bits per heavy atom. The number of aliphatic hydroxyl groups is 1. The SMILES string of the molecule is O=c1[nH]cnc2c1ncn2[C@@H]1C=C[C@H](CO)C1. The van der Waals surface area contributed by atoms with Gasteiger partial charge in [-0.2, -0.15) is 0 Å². The summed E-state index contributed by atoms with van der Waals surface area (Å²) in [7, 11) is 0. The van der Waals surface area contributed by atoms with Crippen LogP contribution < -0.4 is 5.56 Å². The number of aromatic nitrogens is 4. The Hall–Kier alpha value is -1.95. The molecule has 6 heteroatoms. The highest BCUT2D eigenvalue weighted by atomic mass is 16.3. The summed E-state index contributed by atoms with van der Waals surface area (Å²) in [5.74, 6) is 0.180. The van der Waals surface area contributed by atoms with Crippen molar-refractivity contribution in [2.75, 3.05) is 6.61 Å².